The number of halogens is 2. The average molecular weight is 295 g/mol. The first-order valence-electron chi connectivity index (χ1n) is 5.94. The van der Waals surface area contributed by atoms with Crippen LogP contribution in [0.3, 0.4) is 0 Å². The minimum atomic E-state index is -0.646. The average Bonchev–Trinajstić information content (AvgIpc) is 2.41. The summed E-state index contributed by atoms with van der Waals surface area (Å²) >= 11 is 6.08. The normalized spacial score (nSPS) is 11.9. The van der Waals surface area contributed by atoms with Crippen LogP contribution in [0.25, 0.3) is 0 Å². The zero-order valence-electron chi connectivity index (χ0n) is 10.6. The van der Waals surface area contributed by atoms with Gasteiger partial charge in [0, 0.05) is 5.02 Å². The van der Waals surface area contributed by atoms with Gasteiger partial charge >= 0.3 is 0 Å². The van der Waals surface area contributed by atoms with Gasteiger partial charge in [-0.15, -0.1) is 0 Å². The predicted molar refractivity (Wildman–Crippen MR) is 76.5 cm³/mol. The number of nitro groups is 1. The fourth-order valence-electron chi connectivity index (χ4n) is 1.92. The van der Waals surface area contributed by atoms with E-state index >= 15 is 0 Å². The SMILES string of the molecule is CC(Nc1ccc(F)cc1[N+](=O)[O-])c1ccccc1Cl. The second-order valence-corrected chi connectivity index (χ2v) is 4.71. The topological polar surface area (TPSA) is 55.2 Å². The van der Waals surface area contributed by atoms with E-state index in [1.807, 2.05) is 19.1 Å². The Morgan fingerprint density at radius 3 is 2.65 bits per heavy atom. The Balaban J connectivity index is 2.31. The molecular weight excluding hydrogens is 283 g/mol. The Morgan fingerprint density at radius 2 is 2.00 bits per heavy atom. The molecule has 104 valence electrons. The lowest BCUT2D eigenvalue weighted by Crippen LogP contribution is -2.09. The molecule has 1 atom stereocenters. The van der Waals surface area contributed by atoms with Crippen LogP contribution in [0, 0.1) is 15.9 Å². The number of anilines is 1. The van der Waals surface area contributed by atoms with Gasteiger partial charge in [0.05, 0.1) is 17.0 Å². The monoisotopic (exact) mass is 294 g/mol. The van der Waals surface area contributed by atoms with Gasteiger partial charge < -0.3 is 5.32 Å². The van der Waals surface area contributed by atoms with Crippen molar-refractivity contribution in [1.82, 2.24) is 0 Å². The standard InChI is InChI=1S/C14H12ClFN2O2/c1-9(11-4-2-3-5-12(11)15)17-13-7-6-10(16)8-14(13)18(19)20/h2-9,17H,1H3. The van der Waals surface area contributed by atoms with Gasteiger partial charge in [0.15, 0.2) is 0 Å². The number of nitrogens with zero attached hydrogens (tertiary/aromatic N) is 1. The fraction of sp³-hybridized carbons (Fsp3) is 0.143. The second kappa shape index (κ2) is 5.88. The molecule has 0 radical (unpaired) electrons. The van der Waals surface area contributed by atoms with Gasteiger partial charge in [0.2, 0.25) is 0 Å². The van der Waals surface area contributed by atoms with Crippen molar-refractivity contribution in [2.24, 2.45) is 0 Å². The Hall–Kier alpha value is -2.14. The quantitative estimate of drug-likeness (QED) is 0.664. The highest BCUT2D eigenvalue weighted by Gasteiger charge is 2.18. The third kappa shape index (κ3) is 3.05. The summed E-state index contributed by atoms with van der Waals surface area (Å²) in [6, 6.07) is 10.4. The van der Waals surface area contributed by atoms with E-state index in [0.717, 1.165) is 11.6 Å². The number of hydrogen-bond acceptors (Lipinski definition) is 3. The fourth-order valence-corrected chi connectivity index (χ4v) is 2.21. The molecule has 2 aromatic carbocycles. The lowest BCUT2D eigenvalue weighted by Gasteiger charge is -2.16. The second-order valence-electron chi connectivity index (χ2n) is 4.31. The number of nitro benzene ring substituents is 1. The van der Waals surface area contributed by atoms with Crippen molar-refractivity contribution < 1.29 is 9.31 Å². The van der Waals surface area contributed by atoms with Crippen LogP contribution in [0.15, 0.2) is 42.5 Å². The summed E-state index contributed by atoms with van der Waals surface area (Å²) < 4.78 is 13.1. The summed E-state index contributed by atoms with van der Waals surface area (Å²) in [6.45, 7) is 1.83. The molecule has 2 aromatic rings. The zero-order valence-corrected chi connectivity index (χ0v) is 11.4. The summed E-state index contributed by atoms with van der Waals surface area (Å²) in [4.78, 5) is 10.3. The van der Waals surface area contributed by atoms with Crippen LogP contribution in [0.5, 0.6) is 0 Å². The van der Waals surface area contributed by atoms with Gasteiger partial charge in [-0.2, -0.15) is 0 Å². The van der Waals surface area contributed by atoms with Crippen LogP contribution in [-0.4, -0.2) is 4.92 Å². The van der Waals surface area contributed by atoms with Crippen LogP contribution in [0.1, 0.15) is 18.5 Å². The van der Waals surface area contributed by atoms with Crippen molar-refractivity contribution in [3.63, 3.8) is 0 Å². The lowest BCUT2D eigenvalue weighted by molar-refractivity contribution is -0.384. The van der Waals surface area contributed by atoms with Crippen LogP contribution >= 0.6 is 11.6 Å². The van der Waals surface area contributed by atoms with Crippen molar-refractivity contribution in [3.8, 4) is 0 Å². The van der Waals surface area contributed by atoms with Gasteiger partial charge in [-0.1, -0.05) is 29.8 Å². The van der Waals surface area contributed by atoms with Crippen molar-refractivity contribution in [1.29, 1.82) is 0 Å². The molecule has 0 spiro atoms. The van der Waals surface area contributed by atoms with E-state index in [4.69, 9.17) is 11.6 Å². The Morgan fingerprint density at radius 1 is 1.30 bits per heavy atom. The number of benzene rings is 2. The van der Waals surface area contributed by atoms with Gasteiger partial charge in [-0.05, 0) is 30.7 Å². The molecule has 0 aliphatic carbocycles. The van der Waals surface area contributed by atoms with Crippen LogP contribution in [0.4, 0.5) is 15.8 Å². The smallest absolute Gasteiger partial charge is 0.295 e. The van der Waals surface area contributed by atoms with Gasteiger partial charge in [-0.25, -0.2) is 4.39 Å². The summed E-state index contributed by atoms with van der Waals surface area (Å²) in [5.74, 6) is -0.646. The summed E-state index contributed by atoms with van der Waals surface area (Å²) in [6.07, 6.45) is 0. The molecule has 1 N–H and O–H groups in total. The number of nitrogens with one attached hydrogen (secondary N) is 1. The van der Waals surface area contributed by atoms with Crippen LogP contribution in [-0.2, 0) is 0 Å². The van der Waals surface area contributed by atoms with Crippen molar-refractivity contribution in [2.75, 3.05) is 5.32 Å². The molecule has 1 unspecified atom stereocenters. The summed E-state index contributed by atoms with van der Waals surface area (Å²) in [5.41, 5.74) is 0.764. The van der Waals surface area contributed by atoms with E-state index in [0.29, 0.717) is 5.02 Å². The van der Waals surface area contributed by atoms with Gasteiger partial charge in [-0.3, -0.25) is 10.1 Å². The molecule has 0 aliphatic heterocycles. The van der Waals surface area contributed by atoms with E-state index in [9.17, 15) is 14.5 Å². The maximum Gasteiger partial charge on any atom is 0.295 e. The first-order chi connectivity index (χ1) is 9.49. The Labute approximate surface area is 120 Å². The third-order valence-electron chi connectivity index (χ3n) is 2.90. The number of rotatable bonds is 4. The highest BCUT2D eigenvalue weighted by molar-refractivity contribution is 6.31. The molecule has 20 heavy (non-hydrogen) atoms. The van der Waals surface area contributed by atoms with E-state index in [1.165, 1.54) is 12.1 Å². The minimum absolute atomic E-state index is 0.243. The predicted octanol–water partition coefficient (Wildman–Crippen LogP) is 4.56. The maximum absolute atomic E-state index is 13.1. The van der Waals surface area contributed by atoms with E-state index in [-0.39, 0.29) is 17.4 Å². The highest BCUT2D eigenvalue weighted by Crippen LogP contribution is 2.30. The minimum Gasteiger partial charge on any atom is -0.373 e. The molecule has 0 fully saturated rings. The largest absolute Gasteiger partial charge is 0.373 e. The molecule has 0 saturated heterocycles. The number of hydrogen-bond donors (Lipinski definition) is 1. The molecule has 0 saturated carbocycles. The molecule has 4 nitrogen and oxygen atoms in total. The Kier molecular flexibility index (Phi) is 4.20. The van der Waals surface area contributed by atoms with Crippen molar-refractivity contribution in [2.45, 2.75) is 13.0 Å². The summed E-state index contributed by atoms with van der Waals surface area (Å²) in [5, 5.41) is 14.5. The first-order valence-corrected chi connectivity index (χ1v) is 6.31. The van der Waals surface area contributed by atoms with Crippen molar-refractivity contribution in [3.05, 3.63) is 69.0 Å². The van der Waals surface area contributed by atoms with E-state index < -0.39 is 10.7 Å². The van der Waals surface area contributed by atoms with Crippen molar-refractivity contribution >= 4 is 23.0 Å². The molecule has 2 rings (SSSR count). The van der Waals surface area contributed by atoms with Gasteiger partial charge in [0.1, 0.15) is 11.5 Å². The zero-order chi connectivity index (χ0) is 14.7. The van der Waals surface area contributed by atoms with E-state index in [2.05, 4.69) is 5.32 Å². The van der Waals surface area contributed by atoms with Gasteiger partial charge in [0.25, 0.3) is 5.69 Å². The molecular formula is C14H12ClFN2O2. The third-order valence-corrected chi connectivity index (χ3v) is 3.24. The Bertz CT molecular complexity index is 649. The lowest BCUT2D eigenvalue weighted by atomic mass is 10.1. The first kappa shape index (κ1) is 14.3. The molecule has 0 amide bonds. The van der Waals surface area contributed by atoms with E-state index in [1.54, 1.807) is 12.1 Å². The summed E-state index contributed by atoms with van der Waals surface area (Å²) in [7, 11) is 0. The van der Waals surface area contributed by atoms with Crippen LogP contribution in [0.2, 0.25) is 5.02 Å². The molecule has 0 bridgehead atoms. The molecule has 6 heteroatoms. The highest BCUT2D eigenvalue weighted by atomic mass is 35.5. The van der Waals surface area contributed by atoms with Crippen LogP contribution < -0.4 is 5.32 Å². The molecule has 0 heterocycles. The molecule has 0 aromatic heterocycles. The molecule has 0 aliphatic rings. The maximum atomic E-state index is 13.1.